The van der Waals surface area contributed by atoms with Crippen LogP contribution < -0.4 is 10.2 Å². The fraction of sp³-hybridized carbons (Fsp3) is 0.471. The van der Waals surface area contributed by atoms with E-state index >= 15 is 0 Å². The van der Waals surface area contributed by atoms with Gasteiger partial charge < -0.3 is 10.2 Å². The van der Waals surface area contributed by atoms with E-state index in [0.717, 1.165) is 31.6 Å². The number of carbonyl (C=O) groups is 1. The van der Waals surface area contributed by atoms with Crippen molar-refractivity contribution >= 4 is 17.3 Å². The van der Waals surface area contributed by atoms with E-state index in [-0.39, 0.29) is 5.91 Å². The molecular formula is C17H24N2O. The first-order valence-corrected chi connectivity index (χ1v) is 7.54. The molecule has 3 heteroatoms. The van der Waals surface area contributed by atoms with E-state index < -0.39 is 0 Å². The van der Waals surface area contributed by atoms with E-state index in [9.17, 15) is 4.79 Å². The number of hydrogen-bond acceptors (Lipinski definition) is 2. The molecule has 1 amide bonds. The lowest BCUT2D eigenvalue weighted by atomic mass is 10.1. The molecule has 1 unspecified atom stereocenters. The van der Waals surface area contributed by atoms with Gasteiger partial charge in [0.15, 0.2) is 0 Å². The molecule has 0 heterocycles. The fourth-order valence-corrected chi connectivity index (χ4v) is 2.66. The summed E-state index contributed by atoms with van der Waals surface area (Å²) < 4.78 is 0. The first-order chi connectivity index (χ1) is 9.72. The predicted octanol–water partition coefficient (Wildman–Crippen LogP) is 3.83. The van der Waals surface area contributed by atoms with Gasteiger partial charge in [0.25, 0.3) is 0 Å². The molecule has 1 atom stereocenters. The third-order valence-corrected chi connectivity index (χ3v) is 3.84. The highest BCUT2D eigenvalue weighted by molar-refractivity contribution is 5.91. The molecule has 0 aliphatic heterocycles. The van der Waals surface area contributed by atoms with E-state index in [4.69, 9.17) is 0 Å². The van der Waals surface area contributed by atoms with Gasteiger partial charge in [-0.05, 0) is 56.9 Å². The van der Waals surface area contributed by atoms with Crippen LogP contribution in [-0.2, 0) is 4.79 Å². The predicted molar refractivity (Wildman–Crippen MR) is 85.1 cm³/mol. The van der Waals surface area contributed by atoms with E-state index in [1.807, 2.05) is 12.1 Å². The molecule has 0 fully saturated rings. The third-order valence-electron chi connectivity index (χ3n) is 3.84. The van der Waals surface area contributed by atoms with Gasteiger partial charge in [0.2, 0.25) is 5.91 Å². The second-order valence-electron chi connectivity index (χ2n) is 5.24. The Bertz CT molecular complexity index is 460. The lowest BCUT2D eigenvalue weighted by Crippen LogP contribution is -2.21. The maximum absolute atomic E-state index is 11.9. The zero-order valence-corrected chi connectivity index (χ0v) is 12.4. The van der Waals surface area contributed by atoms with Gasteiger partial charge in [0.1, 0.15) is 0 Å². The minimum Gasteiger partial charge on any atom is -0.372 e. The number of rotatable bonds is 6. The van der Waals surface area contributed by atoms with Crippen LogP contribution in [0.15, 0.2) is 36.4 Å². The second-order valence-corrected chi connectivity index (χ2v) is 5.24. The van der Waals surface area contributed by atoms with Gasteiger partial charge in [-0.3, -0.25) is 4.79 Å². The quantitative estimate of drug-likeness (QED) is 0.798. The Balaban J connectivity index is 1.89. The number of nitrogens with zero attached hydrogens (tertiary/aromatic N) is 1. The Kier molecular flexibility index (Phi) is 5.22. The van der Waals surface area contributed by atoms with Gasteiger partial charge in [0.05, 0.1) is 0 Å². The van der Waals surface area contributed by atoms with Crippen molar-refractivity contribution in [2.24, 2.45) is 5.92 Å². The Morgan fingerprint density at radius 3 is 2.50 bits per heavy atom. The summed E-state index contributed by atoms with van der Waals surface area (Å²) in [6.45, 7) is 6.29. The lowest BCUT2D eigenvalue weighted by Gasteiger charge is -2.21. The van der Waals surface area contributed by atoms with Crippen LogP contribution in [0, 0.1) is 5.92 Å². The van der Waals surface area contributed by atoms with Crippen LogP contribution >= 0.6 is 0 Å². The van der Waals surface area contributed by atoms with Crippen molar-refractivity contribution in [1.82, 2.24) is 0 Å². The minimum atomic E-state index is 0.108. The van der Waals surface area contributed by atoms with Crippen molar-refractivity contribution in [3.63, 3.8) is 0 Å². The average Bonchev–Trinajstić information content (AvgIpc) is 2.94. The van der Waals surface area contributed by atoms with E-state index in [1.54, 1.807) is 0 Å². The first-order valence-electron chi connectivity index (χ1n) is 7.54. The highest BCUT2D eigenvalue weighted by Crippen LogP contribution is 2.22. The average molecular weight is 272 g/mol. The highest BCUT2D eigenvalue weighted by Gasteiger charge is 2.14. The summed E-state index contributed by atoms with van der Waals surface area (Å²) >= 11 is 0. The molecule has 0 saturated heterocycles. The number of amides is 1. The SMILES string of the molecule is CCN(CC)c1ccc(NC(=O)CC2C=CCC2)cc1. The standard InChI is InChI=1S/C17H24N2O/c1-3-19(4-2)16-11-9-15(10-12-16)18-17(20)13-14-7-5-6-8-14/h5,7,9-12,14H,3-4,6,8,13H2,1-2H3,(H,18,20). The Morgan fingerprint density at radius 2 is 1.95 bits per heavy atom. The molecule has 1 aromatic rings. The molecule has 0 bridgehead atoms. The van der Waals surface area contributed by atoms with Crippen LogP contribution in [0.25, 0.3) is 0 Å². The van der Waals surface area contributed by atoms with Crippen molar-refractivity contribution in [2.45, 2.75) is 33.1 Å². The second kappa shape index (κ2) is 7.13. The molecule has 0 spiro atoms. The molecule has 108 valence electrons. The highest BCUT2D eigenvalue weighted by atomic mass is 16.1. The van der Waals surface area contributed by atoms with Gasteiger partial charge in [-0.15, -0.1) is 0 Å². The Morgan fingerprint density at radius 1 is 1.25 bits per heavy atom. The topological polar surface area (TPSA) is 32.3 Å². The van der Waals surface area contributed by atoms with Gasteiger partial charge in [-0.25, -0.2) is 0 Å². The summed E-state index contributed by atoms with van der Waals surface area (Å²) in [5, 5.41) is 2.98. The van der Waals surface area contributed by atoms with Crippen LogP contribution in [0.5, 0.6) is 0 Å². The molecule has 0 saturated carbocycles. The van der Waals surface area contributed by atoms with Crippen LogP contribution in [0.1, 0.15) is 33.1 Å². The summed E-state index contributed by atoms with van der Waals surface area (Å²) in [6.07, 6.45) is 7.12. The number of anilines is 2. The Hall–Kier alpha value is -1.77. The molecule has 1 aromatic carbocycles. The smallest absolute Gasteiger partial charge is 0.224 e. The summed E-state index contributed by atoms with van der Waals surface area (Å²) in [6, 6.07) is 8.10. The number of carbonyl (C=O) groups excluding carboxylic acids is 1. The maximum Gasteiger partial charge on any atom is 0.224 e. The minimum absolute atomic E-state index is 0.108. The van der Waals surface area contributed by atoms with Crippen molar-refractivity contribution in [2.75, 3.05) is 23.3 Å². The van der Waals surface area contributed by atoms with Crippen molar-refractivity contribution < 1.29 is 4.79 Å². The van der Waals surface area contributed by atoms with Crippen LogP contribution in [0.2, 0.25) is 0 Å². The van der Waals surface area contributed by atoms with Gasteiger partial charge >= 0.3 is 0 Å². The fourth-order valence-electron chi connectivity index (χ4n) is 2.66. The Labute approximate surface area is 121 Å². The van der Waals surface area contributed by atoms with Crippen LogP contribution in [0.3, 0.4) is 0 Å². The summed E-state index contributed by atoms with van der Waals surface area (Å²) in [4.78, 5) is 14.2. The van der Waals surface area contributed by atoms with E-state index in [2.05, 4.69) is 48.3 Å². The van der Waals surface area contributed by atoms with Gasteiger partial charge in [0, 0.05) is 30.9 Å². The van der Waals surface area contributed by atoms with E-state index in [1.165, 1.54) is 5.69 Å². The zero-order chi connectivity index (χ0) is 14.4. The number of benzene rings is 1. The summed E-state index contributed by atoms with van der Waals surface area (Å²) in [5.74, 6) is 0.530. The summed E-state index contributed by atoms with van der Waals surface area (Å²) in [5.41, 5.74) is 2.08. The molecule has 0 aromatic heterocycles. The molecule has 1 N–H and O–H groups in total. The lowest BCUT2D eigenvalue weighted by molar-refractivity contribution is -0.116. The number of nitrogens with one attached hydrogen (secondary N) is 1. The van der Waals surface area contributed by atoms with Crippen molar-refractivity contribution in [1.29, 1.82) is 0 Å². The molecular weight excluding hydrogens is 248 g/mol. The summed E-state index contributed by atoms with van der Waals surface area (Å²) in [7, 11) is 0. The molecule has 20 heavy (non-hydrogen) atoms. The third kappa shape index (κ3) is 3.86. The van der Waals surface area contributed by atoms with Gasteiger partial charge in [-0.1, -0.05) is 12.2 Å². The molecule has 2 rings (SSSR count). The molecule has 1 aliphatic carbocycles. The van der Waals surface area contributed by atoms with Crippen molar-refractivity contribution in [3.05, 3.63) is 36.4 Å². The first kappa shape index (κ1) is 14.6. The largest absolute Gasteiger partial charge is 0.372 e. The molecule has 3 nitrogen and oxygen atoms in total. The van der Waals surface area contributed by atoms with Crippen LogP contribution in [-0.4, -0.2) is 19.0 Å². The maximum atomic E-state index is 11.9. The molecule has 0 radical (unpaired) electrons. The van der Waals surface area contributed by atoms with Crippen LogP contribution in [0.4, 0.5) is 11.4 Å². The zero-order valence-electron chi connectivity index (χ0n) is 12.4. The van der Waals surface area contributed by atoms with Gasteiger partial charge in [-0.2, -0.15) is 0 Å². The monoisotopic (exact) mass is 272 g/mol. The normalized spacial score (nSPS) is 17.2. The molecule has 1 aliphatic rings. The number of hydrogen-bond donors (Lipinski definition) is 1. The van der Waals surface area contributed by atoms with Crippen molar-refractivity contribution in [3.8, 4) is 0 Å². The van der Waals surface area contributed by atoms with E-state index in [0.29, 0.717) is 12.3 Å². The number of allylic oxidation sites excluding steroid dienone is 2.